The van der Waals surface area contributed by atoms with Crippen molar-refractivity contribution >= 4 is 23.5 Å². The van der Waals surface area contributed by atoms with Crippen LogP contribution in [0.1, 0.15) is 58.3 Å². The molecule has 0 aromatic rings. The van der Waals surface area contributed by atoms with Crippen LogP contribution in [0.4, 0.5) is 0 Å². The fourth-order valence-electron chi connectivity index (χ4n) is 1.43. The van der Waals surface area contributed by atoms with Crippen molar-refractivity contribution in [2.45, 2.75) is 58.3 Å². The van der Waals surface area contributed by atoms with Crippen LogP contribution in [0.15, 0.2) is 0 Å². The molecule has 0 aromatic carbocycles. The van der Waals surface area contributed by atoms with Gasteiger partial charge in [0.1, 0.15) is 5.88 Å². The van der Waals surface area contributed by atoms with Gasteiger partial charge in [-0.05, 0) is 6.42 Å². The van der Waals surface area contributed by atoms with Crippen LogP contribution in [0.25, 0.3) is 0 Å². The molecular formula is C12H21ClO3. The highest BCUT2D eigenvalue weighted by molar-refractivity contribution is 6.27. The van der Waals surface area contributed by atoms with Crippen molar-refractivity contribution in [3.63, 3.8) is 0 Å². The molecule has 0 fully saturated rings. The summed E-state index contributed by atoms with van der Waals surface area (Å²) < 4.78 is 4.43. The number of unbranched alkanes of at least 4 members (excludes halogenated alkanes) is 6. The van der Waals surface area contributed by atoms with Crippen LogP contribution in [-0.4, -0.2) is 17.8 Å². The highest BCUT2D eigenvalue weighted by atomic mass is 35.5. The van der Waals surface area contributed by atoms with Gasteiger partial charge in [-0.1, -0.05) is 45.4 Å². The first-order chi connectivity index (χ1) is 7.70. The highest BCUT2D eigenvalue weighted by Gasteiger charge is 2.08. The Morgan fingerprint density at radius 1 is 0.938 bits per heavy atom. The smallest absolute Gasteiger partial charge is 0.328 e. The second kappa shape index (κ2) is 10.9. The van der Waals surface area contributed by atoms with Gasteiger partial charge >= 0.3 is 11.9 Å². The van der Waals surface area contributed by atoms with Crippen molar-refractivity contribution in [1.29, 1.82) is 0 Å². The first kappa shape index (κ1) is 15.4. The van der Waals surface area contributed by atoms with E-state index in [0.29, 0.717) is 6.42 Å². The van der Waals surface area contributed by atoms with E-state index in [1.807, 2.05) is 0 Å². The van der Waals surface area contributed by atoms with E-state index in [9.17, 15) is 9.59 Å². The van der Waals surface area contributed by atoms with Gasteiger partial charge in [0.05, 0.1) is 0 Å². The van der Waals surface area contributed by atoms with Gasteiger partial charge in [0.15, 0.2) is 0 Å². The summed E-state index contributed by atoms with van der Waals surface area (Å²) >= 11 is 5.20. The van der Waals surface area contributed by atoms with Gasteiger partial charge in [-0.3, -0.25) is 9.59 Å². The fourth-order valence-corrected chi connectivity index (χ4v) is 1.49. The average Bonchev–Trinajstić information content (AvgIpc) is 2.27. The summed E-state index contributed by atoms with van der Waals surface area (Å²) in [5.41, 5.74) is 0. The molecule has 0 bridgehead atoms. The van der Waals surface area contributed by atoms with Crippen molar-refractivity contribution in [3.8, 4) is 0 Å². The lowest BCUT2D eigenvalue weighted by Gasteiger charge is -2.01. The summed E-state index contributed by atoms with van der Waals surface area (Å²) in [5.74, 6) is -1.38. The number of esters is 2. The SMILES string of the molecule is CCCCCCCCCC(=O)OC(=O)CCl. The zero-order chi connectivity index (χ0) is 12.2. The Balaban J connectivity index is 3.24. The molecule has 94 valence electrons. The first-order valence-corrected chi connectivity index (χ1v) is 6.53. The van der Waals surface area contributed by atoms with Crippen LogP contribution in [0.2, 0.25) is 0 Å². The molecule has 0 atom stereocenters. The molecular weight excluding hydrogens is 228 g/mol. The van der Waals surface area contributed by atoms with E-state index < -0.39 is 11.9 Å². The van der Waals surface area contributed by atoms with Gasteiger partial charge in [-0.2, -0.15) is 0 Å². The van der Waals surface area contributed by atoms with Gasteiger partial charge in [-0.25, -0.2) is 0 Å². The largest absolute Gasteiger partial charge is 0.392 e. The third-order valence-corrected chi connectivity index (χ3v) is 2.54. The number of ether oxygens (including phenoxy) is 1. The van der Waals surface area contributed by atoms with Crippen LogP contribution in [0.3, 0.4) is 0 Å². The lowest BCUT2D eigenvalue weighted by Crippen LogP contribution is -2.12. The van der Waals surface area contributed by atoms with Crippen LogP contribution in [0, 0.1) is 0 Å². The quantitative estimate of drug-likeness (QED) is 0.272. The summed E-state index contributed by atoms with van der Waals surface area (Å²) in [6.07, 6.45) is 8.30. The number of carbonyl (C=O) groups excluding carboxylic acids is 2. The maximum absolute atomic E-state index is 11.0. The third-order valence-electron chi connectivity index (χ3n) is 2.32. The molecule has 0 aliphatic carbocycles. The number of rotatable bonds is 9. The van der Waals surface area contributed by atoms with Crippen molar-refractivity contribution < 1.29 is 14.3 Å². The molecule has 16 heavy (non-hydrogen) atoms. The number of hydrogen-bond donors (Lipinski definition) is 0. The minimum Gasteiger partial charge on any atom is -0.392 e. The van der Waals surface area contributed by atoms with E-state index in [1.54, 1.807) is 0 Å². The minimum absolute atomic E-state index is 0.261. The number of carbonyl (C=O) groups is 2. The van der Waals surface area contributed by atoms with Crippen molar-refractivity contribution in [2.75, 3.05) is 5.88 Å². The normalized spacial score (nSPS) is 10.1. The van der Waals surface area contributed by atoms with E-state index in [0.717, 1.165) is 19.3 Å². The van der Waals surface area contributed by atoms with Crippen molar-refractivity contribution in [2.24, 2.45) is 0 Å². The summed E-state index contributed by atoms with van der Waals surface area (Å²) in [6, 6.07) is 0. The van der Waals surface area contributed by atoms with Gasteiger partial charge in [-0.15, -0.1) is 11.6 Å². The number of halogens is 1. The predicted octanol–water partition coefficient (Wildman–Crippen LogP) is 3.44. The molecule has 3 nitrogen and oxygen atoms in total. The molecule has 0 heterocycles. The zero-order valence-corrected chi connectivity index (χ0v) is 10.7. The van der Waals surface area contributed by atoms with Crippen LogP contribution in [-0.2, 0) is 14.3 Å². The Morgan fingerprint density at radius 2 is 1.50 bits per heavy atom. The zero-order valence-electron chi connectivity index (χ0n) is 9.97. The first-order valence-electron chi connectivity index (χ1n) is 6.00. The Kier molecular flexibility index (Phi) is 10.5. The van der Waals surface area contributed by atoms with Gasteiger partial charge in [0.25, 0.3) is 0 Å². The van der Waals surface area contributed by atoms with E-state index in [2.05, 4.69) is 11.7 Å². The summed E-state index contributed by atoms with van der Waals surface area (Å²) in [6.45, 7) is 2.18. The summed E-state index contributed by atoms with van der Waals surface area (Å²) in [4.78, 5) is 21.7. The molecule has 0 aliphatic rings. The molecule has 0 saturated carbocycles. The lowest BCUT2D eigenvalue weighted by molar-refractivity contribution is -0.157. The minimum atomic E-state index is -0.658. The maximum Gasteiger partial charge on any atom is 0.328 e. The monoisotopic (exact) mass is 248 g/mol. The maximum atomic E-state index is 11.0. The summed E-state index contributed by atoms with van der Waals surface area (Å²) in [5, 5.41) is 0. The average molecular weight is 249 g/mol. The fraction of sp³-hybridized carbons (Fsp3) is 0.833. The number of alkyl halides is 1. The van der Waals surface area contributed by atoms with E-state index in [4.69, 9.17) is 11.6 Å². The predicted molar refractivity (Wildman–Crippen MR) is 64.4 cm³/mol. The van der Waals surface area contributed by atoms with Crippen molar-refractivity contribution in [3.05, 3.63) is 0 Å². The molecule has 0 N–H and O–H groups in total. The van der Waals surface area contributed by atoms with Gasteiger partial charge in [0, 0.05) is 6.42 Å². The molecule has 0 spiro atoms. The molecule has 0 aliphatic heterocycles. The third kappa shape index (κ3) is 9.97. The van der Waals surface area contributed by atoms with E-state index in [1.165, 1.54) is 25.7 Å². The molecule has 0 rings (SSSR count). The molecule has 0 unspecified atom stereocenters. The molecule has 0 saturated heterocycles. The second-order valence-electron chi connectivity index (χ2n) is 3.85. The molecule has 0 amide bonds. The van der Waals surface area contributed by atoms with E-state index in [-0.39, 0.29) is 5.88 Å². The van der Waals surface area contributed by atoms with Crippen LogP contribution < -0.4 is 0 Å². The lowest BCUT2D eigenvalue weighted by atomic mass is 10.1. The van der Waals surface area contributed by atoms with E-state index >= 15 is 0 Å². The highest BCUT2D eigenvalue weighted by Crippen LogP contribution is 2.08. The Bertz CT molecular complexity index is 204. The standard InChI is InChI=1S/C12H21ClO3/c1-2-3-4-5-6-7-8-9-11(14)16-12(15)10-13/h2-10H2,1H3. The second-order valence-corrected chi connectivity index (χ2v) is 4.12. The Morgan fingerprint density at radius 3 is 2.06 bits per heavy atom. The number of hydrogen-bond acceptors (Lipinski definition) is 3. The Hall–Kier alpha value is -0.570. The molecule has 4 heteroatoms. The topological polar surface area (TPSA) is 43.4 Å². The molecule has 0 radical (unpaired) electrons. The Labute approximate surface area is 102 Å². The van der Waals surface area contributed by atoms with Gasteiger partial charge in [0.2, 0.25) is 0 Å². The summed E-state index contributed by atoms with van der Waals surface area (Å²) in [7, 11) is 0. The van der Waals surface area contributed by atoms with Crippen molar-refractivity contribution in [1.82, 2.24) is 0 Å². The van der Waals surface area contributed by atoms with Crippen LogP contribution >= 0.6 is 11.6 Å². The van der Waals surface area contributed by atoms with Gasteiger partial charge < -0.3 is 4.74 Å². The molecule has 0 aromatic heterocycles. The van der Waals surface area contributed by atoms with Crippen LogP contribution in [0.5, 0.6) is 0 Å².